The van der Waals surface area contributed by atoms with E-state index in [1.165, 1.54) is 6.42 Å². The molecule has 0 N–H and O–H groups in total. The van der Waals surface area contributed by atoms with Gasteiger partial charge in [0, 0.05) is 12.8 Å². The average molecular weight is 1010 g/mol. The van der Waals surface area contributed by atoms with Crippen LogP contribution in [0.5, 0.6) is 0 Å². The molecule has 0 spiro atoms. The Morgan fingerprint density at radius 2 is 0.803 bits per heavy atom. The van der Waals surface area contributed by atoms with Gasteiger partial charge in [-0.1, -0.05) is 199 Å². The van der Waals surface area contributed by atoms with Gasteiger partial charge >= 0.3 is 11.9 Å². The van der Waals surface area contributed by atoms with E-state index in [9.17, 15) is 19.0 Å². The summed E-state index contributed by atoms with van der Waals surface area (Å²) in [4.78, 5) is 37.6. The van der Waals surface area contributed by atoms with E-state index in [2.05, 4.69) is 148 Å². The normalized spacial score (nSPS) is 14.4. The van der Waals surface area contributed by atoms with E-state index in [1.54, 1.807) is 0 Å². The first-order valence-corrected chi connectivity index (χ1v) is 28.9. The van der Waals surface area contributed by atoms with Gasteiger partial charge in [0.15, 0.2) is 6.10 Å². The number of unbranched alkanes of at least 4 members (excludes halogenated alkanes) is 12. The van der Waals surface area contributed by atoms with Crippen molar-refractivity contribution >= 4 is 19.8 Å². The number of allylic oxidation sites excluding steroid dienone is 22. The fourth-order valence-electron chi connectivity index (χ4n) is 6.68. The molecule has 0 aromatic heterocycles. The van der Waals surface area contributed by atoms with Gasteiger partial charge in [-0.15, -0.1) is 0 Å². The van der Waals surface area contributed by atoms with E-state index in [4.69, 9.17) is 18.5 Å². The molecule has 0 saturated heterocycles. The standard InChI is InChI=1S/C61H100NO8P/c1-6-8-10-12-14-16-18-19-20-21-22-23-24-25-26-27-28-29-30-31-32-33-34-35-36-37-38-39-40-41-42-43-44-46-48-50-52-54-61(64)70-59(58-69-71(65,66)68-56-55-62(3,4)5)57-67-60(63)53-51-49-47-45-17-15-13-11-9-7-2/h8,10-11,13-14,16,19-20,22-23,25-26,28-29,31-32,34-35,37-38,40-41,59H,6-7,9,12,15,17-18,21,24,27,30,33,36,39,42-58H2,1-5H3/b10-8-,13-11-,16-14-,20-19-,23-22-,26-25-,29-28-,32-31-,35-34-,38-37-,41-40-. The third-order valence-corrected chi connectivity index (χ3v) is 11.8. The van der Waals surface area contributed by atoms with Gasteiger partial charge in [-0.2, -0.15) is 0 Å². The van der Waals surface area contributed by atoms with Crippen LogP contribution in [0.1, 0.15) is 187 Å². The van der Waals surface area contributed by atoms with Crippen molar-refractivity contribution in [1.82, 2.24) is 0 Å². The number of phosphoric ester groups is 1. The minimum absolute atomic E-state index is 0.0423. The number of rotatable bonds is 48. The van der Waals surface area contributed by atoms with Gasteiger partial charge in [0.1, 0.15) is 19.8 Å². The number of nitrogens with zero attached hydrogens (tertiary/aromatic N) is 1. The van der Waals surface area contributed by atoms with Crippen molar-refractivity contribution in [2.75, 3.05) is 47.5 Å². The lowest BCUT2D eigenvalue weighted by atomic mass is 10.1. The molecule has 402 valence electrons. The summed E-state index contributed by atoms with van der Waals surface area (Å²) in [6.45, 7) is 3.99. The Morgan fingerprint density at radius 3 is 1.21 bits per heavy atom. The van der Waals surface area contributed by atoms with E-state index in [-0.39, 0.29) is 26.1 Å². The first-order valence-electron chi connectivity index (χ1n) is 27.4. The first-order chi connectivity index (χ1) is 34.5. The molecule has 10 heteroatoms. The third kappa shape index (κ3) is 55.3. The Kier molecular flexibility index (Phi) is 48.3. The van der Waals surface area contributed by atoms with E-state index in [1.807, 2.05) is 21.1 Å². The quantitative estimate of drug-likeness (QED) is 0.0195. The lowest BCUT2D eigenvalue weighted by Crippen LogP contribution is -2.37. The summed E-state index contributed by atoms with van der Waals surface area (Å²) in [7, 11) is 1.13. The van der Waals surface area contributed by atoms with Gasteiger partial charge < -0.3 is 27.9 Å². The van der Waals surface area contributed by atoms with Crippen LogP contribution in [0.15, 0.2) is 134 Å². The monoisotopic (exact) mass is 1010 g/mol. The Hall–Kier alpha value is -3.85. The average Bonchev–Trinajstić information content (AvgIpc) is 3.33. The summed E-state index contributed by atoms with van der Waals surface area (Å²) in [5, 5.41) is 0. The number of ether oxygens (including phenoxy) is 2. The number of phosphoric acid groups is 1. The Labute approximate surface area is 434 Å². The highest BCUT2D eigenvalue weighted by molar-refractivity contribution is 7.45. The maximum Gasteiger partial charge on any atom is 0.306 e. The predicted octanol–water partition coefficient (Wildman–Crippen LogP) is 16.3. The molecule has 0 saturated carbocycles. The number of quaternary nitrogens is 1. The minimum Gasteiger partial charge on any atom is -0.756 e. The smallest absolute Gasteiger partial charge is 0.306 e. The highest BCUT2D eigenvalue weighted by atomic mass is 31.2. The highest BCUT2D eigenvalue weighted by Gasteiger charge is 2.21. The van der Waals surface area contributed by atoms with E-state index in [0.717, 1.165) is 141 Å². The van der Waals surface area contributed by atoms with Crippen LogP contribution in [-0.4, -0.2) is 70.0 Å². The summed E-state index contributed by atoms with van der Waals surface area (Å²) >= 11 is 0. The molecular weight excluding hydrogens is 906 g/mol. The topological polar surface area (TPSA) is 111 Å². The fraction of sp³-hybridized carbons (Fsp3) is 0.607. The molecule has 0 amide bonds. The van der Waals surface area contributed by atoms with E-state index >= 15 is 0 Å². The van der Waals surface area contributed by atoms with Crippen LogP contribution in [0.3, 0.4) is 0 Å². The van der Waals surface area contributed by atoms with Crippen molar-refractivity contribution in [3.8, 4) is 0 Å². The molecule has 0 bridgehead atoms. The van der Waals surface area contributed by atoms with Crippen LogP contribution in [0, 0.1) is 0 Å². The van der Waals surface area contributed by atoms with Gasteiger partial charge in [0.05, 0.1) is 27.7 Å². The van der Waals surface area contributed by atoms with Gasteiger partial charge in [-0.3, -0.25) is 14.2 Å². The van der Waals surface area contributed by atoms with Crippen molar-refractivity contribution < 1.29 is 42.1 Å². The Balaban J connectivity index is 4.15. The van der Waals surface area contributed by atoms with Gasteiger partial charge in [-0.05, 0) is 109 Å². The Morgan fingerprint density at radius 1 is 0.451 bits per heavy atom. The molecule has 9 nitrogen and oxygen atoms in total. The molecule has 0 aliphatic carbocycles. The number of carbonyl (C=O) groups is 2. The molecule has 0 aliphatic rings. The molecule has 71 heavy (non-hydrogen) atoms. The molecule has 0 aromatic carbocycles. The molecule has 0 rings (SSSR count). The van der Waals surface area contributed by atoms with E-state index < -0.39 is 32.5 Å². The van der Waals surface area contributed by atoms with Crippen molar-refractivity contribution in [2.45, 2.75) is 193 Å². The maximum atomic E-state index is 12.7. The van der Waals surface area contributed by atoms with Crippen LogP contribution < -0.4 is 4.89 Å². The minimum atomic E-state index is -4.64. The molecule has 0 heterocycles. The second-order valence-corrected chi connectivity index (χ2v) is 20.3. The first kappa shape index (κ1) is 67.1. The zero-order chi connectivity index (χ0) is 52.0. The fourth-order valence-corrected chi connectivity index (χ4v) is 7.41. The van der Waals surface area contributed by atoms with Crippen LogP contribution in [0.25, 0.3) is 0 Å². The molecule has 0 radical (unpaired) electrons. The number of likely N-dealkylation sites (N-methyl/N-ethyl adjacent to an activating group) is 1. The summed E-state index contributed by atoms with van der Waals surface area (Å²) in [6, 6.07) is 0. The lowest BCUT2D eigenvalue weighted by Gasteiger charge is -2.28. The number of hydrogen-bond acceptors (Lipinski definition) is 8. The van der Waals surface area contributed by atoms with Crippen molar-refractivity contribution in [2.24, 2.45) is 0 Å². The summed E-state index contributed by atoms with van der Waals surface area (Å²) in [6.07, 6.45) is 73.7. The number of hydrogen-bond donors (Lipinski definition) is 0. The molecule has 2 unspecified atom stereocenters. The zero-order valence-electron chi connectivity index (χ0n) is 45.4. The van der Waals surface area contributed by atoms with E-state index in [0.29, 0.717) is 23.9 Å². The third-order valence-electron chi connectivity index (χ3n) is 10.9. The molecular formula is C61H100NO8P. The number of carbonyl (C=O) groups excluding carboxylic acids is 2. The lowest BCUT2D eigenvalue weighted by molar-refractivity contribution is -0.870. The largest absolute Gasteiger partial charge is 0.756 e. The van der Waals surface area contributed by atoms with Gasteiger partial charge in [0.2, 0.25) is 0 Å². The molecule has 0 aromatic rings. The van der Waals surface area contributed by atoms with Crippen molar-refractivity contribution in [1.29, 1.82) is 0 Å². The van der Waals surface area contributed by atoms with Crippen LogP contribution in [0.4, 0.5) is 0 Å². The van der Waals surface area contributed by atoms with Gasteiger partial charge in [-0.25, -0.2) is 0 Å². The second kappa shape index (κ2) is 51.1. The maximum absolute atomic E-state index is 12.7. The van der Waals surface area contributed by atoms with Crippen molar-refractivity contribution in [3.63, 3.8) is 0 Å². The van der Waals surface area contributed by atoms with Gasteiger partial charge in [0.25, 0.3) is 7.82 Å². The summed E-state index contributed by atoms with van der Waals surface area (Å²) < 4.78 is 33.9. The van der Waals surface area contributed by atoms with Crippen LogP contribution >= 0.6 is 7.82 Å². The molecule has 0 aliphatic heterocycles. The highest BCUT2D eigenvalue weighted by Crippen LogP contribution is 2.38. The zero-order valence-corrected chi connectivity index (χ0v) is 46.3. The van der Waals surface area contributed by atoms with Crippen molar-refractivity contribution in [3.05, 3.63) is 134 Å². The SMILES string of the molecule is CC/C=C\C/C=C\C/C=C\C/C=C\C/C=C\C/C=C\C/C=C\C/C=C\C/C=C\C/C=C\CCCCCCCCC(=O)OC(COC(=O)CCCCCCC/C=C\CCC)COP(=O)([O-])OCC[N+](C)(C)C. The predicted molar refractivity (Wildman–Crippen MR) is 300 cm³/mol. The summed E-state index contributed by atoms with van der Waals surface area (Å²) in [5.41, 5.74) is 0. The summed E-state index contributed by atoms with van der Waals surface area (Å²) in [5.74, 6) is -0.876. The van der Waals surface area contributed by atoms with Crippen LogP contribution in [-0.2, 0) is 32.7 Å². The van der Waals surface area contributed by atoms with Crippen LogP contribution in [0.2, 0.25) is 0 Å². The Bertz CT molecular complexity index is 1660. The molecule has 0 fully saturated rings. The number of esters is 2. The second-order valence-electron chi connectivity index (χ2n) is 18.9. The molecule has 2 atom stereocenters.